The second-order valence-electron chi connectivity index (χ2n) is 10.3. The number of hydrogen-bond donors (Lipinski definition) is 0. The second-order valence-corrected chi connectivity index (χ2v) is 12.1. The zero-order valence-electron chi connectivity index (χ0n) is 24.8. The monoisotopic (exact) mass is 704 g/mol. The average molecular weight is 706 g/mol. The van der Waals surface area contributed by atoms with E-state index in [0.29, 0.717) is 36.1 Å². The average Bonchev–Trinajstić information content (AvgIpc) is 3.03. The molecule has 1 atom stereocenters. The summed E-state index contributed by atoms with van der Waals surface area (Å²) in [7, 11) is 0. The minimum Gasteiger partial charge on any atom is -0.303 e. The van der Waals surface area contributed by atoms with E-state index in [-0.39, 0.29) is 10.3 Å². The molecule has 0 saturated heterocycles. The van der Waals surface area contributed by atoms with E-state index >= 15 is 0 Å². The molecule has 1 heterocycles. The number of benzene rings is 3. The lowest BCUT2D eigenvalue weighted by Gasteiger charge is -2.32. The third-order valence-electron chi connectivity index (χ3n) is 7.42. The number of carbonyl (C=O) groups excluding carboxylic acids is 1. The SMILES string of the molecule is CCN(CC)CCN(Cc1ccc(-c2ccc(C(F)(F)F)cc2)cc1)C(C=O)n1cc(Br)c(=O)nc1SCc1ccc(F)cc1. The van der Waals surface area contributed by atoms with E-state index in [2.05, 4.69) is 39.7 Å². The van der Waals surface area contributed by atoms with Crippen LogP contribution in [0.3, 0.4) is 0 Å². The summed E-state index contributed by atoms with van der Waals surface area (Å²) in [6, 6.07) is 18.5. The van der Waals surface area contributed by atoms with Crippen molar-refractivity contribution < 1.29 is 22.4 Å². The van der Waals surface area contributed by atoms with Crippen LogP contribution in [-0.2, 0) is 23.3 Å². The predicted molar refractivity (Wildman–Crippen MR) is 172 cm³/mol. The smallest absolute Gasteiger partial charge is 0.303 e. The summed E-state index contributed by atoms with van der Waals surface area (Å²) in [4.78, 5) is 33.8. The van der Waals surface area contributed by atoms with Gasteiger partial charge in [0.1, 0.15) is 16.5 Å². The van der Waals surface area contributed by atoms with Crippen molar-refractivity contribution in [3.8, 4) is 11.1 Å². The Labute approximate surface area is 272 Å². The van der Waals surface area contributed by atoms with Crippen LogP contribution in [0, 0.1) is 5.82 Å². The minimum absolute atomic E-state index is 0.213. The maximum Gasteiger partial charge on any atom is 0.416 e. The van der Waals surface area contributed by atoms with Gasteiger partial charge in [0.2, 0.25) is 0 Å². The minimum atomic E-state index is -4.40. The normalized spacial score (nSPS) is 12.6. The Morgan fingerprint density at radius 2 is 1.49 bits per heavy atom. The summed E-state index contributed by atoms with van der Waals surface area (Å²) >= 11 is 4.55. The van der Waals surface area contributed by atoms with Crippen LogP contribution in [0.1, 0.15) is 36.7 Å². The molecule has 4 rings (SSSR count). The number of rotatable bonds is 14. The molecule has 3 aromatic carbocycles. The summed E-state index contributed by atoms with van der Waals surface area (Å²) in [6.45, 7) is 7.40. The third kappa shape index (κ3) is 9.35. The Morgan fingerprint density at radius 1 is 0.911 bits per heavy atom. The van der Waals surface area contributed by atoms with Crippen LogP contribution in [0.5, 0.6) is 0 Å². The lowest BCUT2D eigenvalue weighted by Crippen LogP contribution is -2.40. The standard InChI is InChI=1S/C33H33BrF4N4O2S/c1-3-40(4-2)17-18-41(19-23-5-9-25(10-6-23)26-11-13-27(14-12-26)33(36,37)38)30(21-43)42-20-29(34)31(44)39-32(42)45-22-24-7-15-28(35)16-8-24/h5-16,20-21,30H,3-4,17-19,22H2,1-2H3. The lowest BCUT2D eigenvalue weighted by molar-refractivity contribution is -0.137. The number of nitrogens with zero attached hydrogens (tertiary/aromatic N) is 4. The van der Waals surface area contributed by atoms with Crippen LogP contribution in [0.2, 0.25) is 0 Å². The fourth-order valence-electron chi connectivity index (χ4n) is 4.79. The first-order valence-electron chi connectivity index (χ1n) is 14.4. The molecule has 4 aromatic rings. The number of thioether (sulfide) groups is 1. The van der Waals surface area contributed by atoms with E-state index in [0.717, 1.165) is 48.2 Å². The molecule has 0 aliphatic carbocycles. The van der Waals surface area contributed by atoms with Gasteiger partial charge in [-0.1, -0.05) is 74.1 Å². The number of carbonyl (C=O) groups is 1. The van der Waals surface area contributed by atoms with Crippen molar-refractivity contribution in [2.75, 3.05) is 26.2 Å². The molecule has 0 bridgehead atoms. The van der Waals surface area contributed by atoms with Gasteiger partial charge in [-0.05, 0) is 75.5 Å². The molecular weight excluding hydrogens is 672 g/mol. The Hall–Kier alpha value is -3.32. The molecule has 0 spiro atoms. The number of hydrogen-bond acceptors (Lipinski definition) is 6. The lowest BCUT2D eigenvalue weighted by atomic mass is 10.0. The Balaban J connectivity index is 1.62. The molecule has 12 heteroatoms. The maximum atomic E-state index is 13.4. The first kappa shape index (κ1) is 34.6. The number of halogens is 5. The Kier molecular flexibility index (Phi) is 12.1. The molecule has 238 valence electrons. The van der Waals surface area contributed by atoms with Gasteiger partial charge in [-0.3, -0.25) is 14.5 Å². The Bertz CT molecular complexity index is 1610. The van der Waals surface area contributed by atoms with Gasteiger partial charge in [0, 0.05) is 31.6 Å². The van der Waals surface area contributed by atoms with Crippen LogP contribution in [0.15, 0.2) is 93.4 Å². The topological polar surface area (TPSA) is 58.4 Å². The van der Waals surface area contributed by atoms with Crippen molar-refractivity contribution >= 4 is 34.0 Å². The quantitative estimate of drug-likeness (QED) is 0.0582. The first-order chi connectivity index (χ1) is 21.5. The van der Waals surface area contributed by atoms with Gasteiger partial charge in [0.25, 0.3) is 5.56 Å². The van der Waals surface area contributed by atoms with Crippen molar-refractivity contribution in [2.24, 2.45) is 0 Å². The third-order valence-corrected chi connectivity index (χ3v) is 9.00. The molecule has 45 heavy (non-hydrogen) atoms. The fraction of sp³-hybridized carbons (Fsp3) is 0.303. The molecule has 0 amide bonds. The second kappa shape index (κ2) is 15.8. The van der Waals surface area contributed by atoms with E-state index in [1.165, 1.54) is 36.0 Å². The number of aromatic nitrogens is 2. The highest BCUT2D eigenvalue weighted by molar-refractivity contribution is 9.10. The van der Waals surface area contributed by atoms with Crippen LogP contribution < -0.4 is 5.56 Å². The molecule has 0 radical (unpaired) electrons. The van der Waals surface area contributed by atoms with E-state index in [4.69, 9.17) is 0 Å². The molecular formula is C33H33BrF4N4O2S. The molecule has 0 fully saturated rings. The Morgan fingerprint density at radius 3 is 2.04 bits per heavy atom. The van der Waals surface area contributed by atoms with E-state index in [1.807, 2.05) is 29.2 Å². The van der Waals surface area contributed by atoms with Crippen LogP contribution >= 0.6 is 27.7 Å². The largest absolute Gasteiger partial charge is 0.416 e. The van der Waals surface area contributed by atoms with Gasteiger partial charge in [0.15, 0.2) is 11.4 Å². The summed E-state index contributed by atoms with van der Waals surface area (Å²) in [5.41, 5.74) is 1.98. The molecule has 1 unspecified atom stereocenters. The number of aldehydes is 1. The predicted octanol–water partition coefficient (Wildman–Crippen LogP) is 7.66. The highest BCUT2D eigenvalue weighted by atomic mass is 79.9. The van der Waals surface area contributed by atoms with Gasteiger partial charge in [-0.15, -0.1) is 0 Å². The summed E-state index contributed by atoms with van der Waals surface area (Å²) < 4.78 is 54.3. The fourth-order valence-corrected chi connectivity index (χ4v) is 6.04. The highest BCUT2D eigenvalue weighted by Gasteiger charge is 2.30. The zero-order valence-corrected chi connectivity index (χ0v) is 27.2. The van der Waals surface area contributed by atoms with E-state index in [1.54, 1.807) is 22.9 Å². The molecule has 0 aliphatic rings. The van der Waals surface area contributed by atoms with E-state index < -0.39 is 23.5 Å². The van der Waals surface area contributed by atoms with Crippen molar-refractivity contribution in [2.45, 2.75) is 43.6 Å². The van der Waals surface area contributed by atoms with Crippen molar-refractivity contribution in [3.05, 3.63) is 116 Å². The van der Waals surface area contributed by atoms with Crippen LogP contribution in [0.4, 0.5) is 17.6 Å². The molecule has 0 saturated carbocycles. The molecule has 0 aliphatic heterocycles. The maximum absolute atomic E-state index is 13.4. The van der Waals surface area contributed by atoms with E-state index in [9.17, 15) is 27.2 Å². The number of likely N-dealkylation sites (N-methyl/N-ethyl adjacent to an activating group) is 1. The van der Waals surface area contributed by atoms with Gasteiger partial charge in [-0.2, -0.15) is 18.2 Å². The summed E-state index contributed by atoms with van der Waals surface area (Å²) in [5.74, 6) is 0.0600. The highest BCUT2D eigenvalue weighted by Crippen LogP contribution is 2.31. The molecule has 1 aromatic heterocycles. The van der Waals surface area contributed by atoms with Gasteiger partial charge >= 0.3 is 6.18 Å². The van der Waals surface area contributed by atoms with Crippen LogP contribution in [0.25, 0.3) is 11.1 Å². The zero-order chi connectivity index (χ0) is 32.6. The van der Waals surface area contributed by atoms with Crippen molar-refractivity contribution in [1.82, 2.24) is 19.4 Å². The van der Waals surface area contributed by atoms with Crippen molar-refractivity contribution in [3.63, 3.8) is 0 Å². The van der Waals surface area contributed by atoms with Crippen molar-refractivity contribution in [1.29, 1.82) is 0 Å². The molecule has 6 nitrogen and oxygen atoms in total. The first-order valence-corrected chi connectivity index (χ1v) is 16.1. The van der Waals surface area contributed by atoms with Gasteiger partial charge in [-0.25, -0.2) is 4.39 Å². The number of alkyl halides is 3. The van der Waals surface area contributed by atoms with Gasteiger partial charge < -0.3 is 9.47 Å². The summed E-state index contributed by atoms with van der Waals surface area (Å²) in [6.07, 6.45) is -2.82. The van der Waals surface area contributed by atoms with Gasteiger partial charge in [0.05, 0.1) is 5.56 Å². The molecule has 0 N–H and O–H groups in total. The summed E-state index contributed by atoms with van der Waals surface area (Å²) in [5, 5.41) is 0.343. The van der Waals surface area contributed by atoms with Crippen LogP contribution in [-0.4, -0.2) is 51.8 Å².